The Morgan fingerprint density at radius 2 is 1.71 bits per heavy atom. The summed E-state index contributed by atoms with van der Waals surface area (Å²) in [7, 11) is 1.28. The molecule has 0 fully saturated rings. The van der Waals surface area contributed by atoms with Gasteiger partial charge in [0, 0.05) is 10.6 Å². The maximum Gasteiger partial charge on any atom is 0.339 e. The Morgan fingerprint density at radius 1 is 1.00 bits per heavy atom. The molecule has 0 radical (unpaired) electrons. The Bertz CT molecular complexity index is 1300. The molecule has 7 heteroatoms. The zero-order valence-electron chi connectivity index (χ0n) is 18.5. The van der Waals surface area contributed by atoms with E-state index in [4.69, 9.17) is 32.7 Å². The van der Waals surface area contributed by atoms with Crippen molar-refractivity contribution in [2.24, 2.45) is 0 Å². The van der Waals surface area contributed by atoms with Gasteiger partial charge in [0.15, 0.2) is 0 Å². The molecule has 34 heavy (non-hydrogen) atoms. The fourth-order valence-corrected chi connectivity index (χ4v) is 3.95. The SMILES string of the molecule is CCOc1ccc(/C=C2\C=C(c3ccc(Cl)cc3)N(c3ccc(Cl)c(C(=O)OC)c3)C2=O)cc1. The van der Waals surface area contributed by atoms with E-state index in [1.807, 2.05) is 55.5 Å². The number of ether oxygens (including phenoxy) is 2. The molecule has 0 spiro atoms. The number of anilines is 1. The second kappa shape index (κ2) is 10.2. The Morgan fingerprint density at radius 3 is 2.35 bits per heavy atom. The van der Waals surface area contributed by atoms with E-state index in [1.165, 1.54) is 7.11 Å². The number of hydrogen-bond acceptors (Lipinski definition) is 4. The minimum atomic E-state index is -0.583. The molecule has 0 unspecified atom stereocenters. The quantitative estimate of drug-likeness (QED) is 0.285. The highest BCUT2D eigenvalue weighted by Crippen LogP contribution is 2.37. The molecule has 1 amide bonds. The molecule has 0 saturated heterocycles. The van der Waals surface area contributed by atoms with Crippen molar-refractivity contribution in [1.82, 2.24) is 0 Å². The third-order valence-electron chi connectivity index (χ3n) is 5.25. The first-order chi connectivity index (χ1) is 16.4. The standard InChI is InChI=1S/C27H21Cl2NO4/c1-3-34-22-11-4-17(5-12-22)14-19-15-25(18-6-8-20(28)9-7-18)30(26(19)31)21-10-13-24(29)23(16-21)27(32)33-2/h4-16H,3H2,1-2H3/b19-14+. The van der Waals surface area contributed by atoms with Crippen molar-refractivity contribution in [2.75, 3.05) is 18.6 Å². The Balaban J connectivity index is 1.79. The summed E-state index contributed by atoms with van der Waals surface area (Å²) in [5.41, 5.74) is 3.45. The van der Waals surface area contributed by atoms with Crippen molar-refractivity contribution in [2.45, 2.75) is 6.92 Å². The first kappa shape index (κ1) is 23.6. The normalized spacial score (nSPS) is 14.4. The Labute approximate surface area is 207 Å². The largest absolute Gasteiger partial charge is 0.494 e. The number of amides is 1. The van der Waals surface area contributed by atoms with E-state index < -0.39 is 5.97 Å². The van der Waals surface area contributed by atoms with E-state index in [9.17, 15) is 9.59 Å². The van der Waals surface area contributed by atoms with Crippen LogP contribution in [-0.4, -0.2) is 25.6 Å². The summed E-state index contributed by atoms with van der Waals surface area (Å²) < 4.78 is 10.3. The van der Waals surface area contributed by atoms with Crippen LogP contribution in [0.3, 0.4) is 0 Å². The van der Waals surface area contributed by atoms with Gasteiger partial charge < -0.3 is 9.47 Å². The molecule has 172 valence electrons. The summed E-state index contributed by atoms with van der Waals surface area (Å²) in [4.78, 5) is 27.3. The second-order valence-electron chi connectivity index (χ2n) is 7.43. The van der Waals surface area contributed by atoms with Crippen molar-refractivity contribution in [3.63, 3.8) is 0 Å². The summed E-state index contributed by atoms with van der Waals surface area (Å²) in [6, 6.07) is 19.5. The van der Waals surface area contributed by atoms with Crippen LogP contribution < -0.4 is 9.64 Å². The molecule has 0 saturated carbocycles. The van der Waals surface area contributed by atoms with Crippen LogP contribution in [0.4, 0.5) is 5.69 Å². The molecule has 0 aliphatic carbocycles. The predicted octanol–water partition coefficient (Wildman–Crippen LogP) is 6.65. The van der Waals surface area contributed by atoms with Gasteiger partial charge in [0.25, 0.3) is 5.91 Å². The Kier molecular flexibility index (Phi) is 7.06. The fraction of sp³-hybridized carbons (Fsp3) is 0.111. The van der Waals surface area contributed by atoms with Crippen molar-refractivity contribution in [1.29, 1.82) is 0 Å². The van der Waals surface area contributed by atoms with Gasteiger partial charge in [-0.25, -0.2) is 4.79 Å². The van der Waals surface area contributed by atoms with E-state index >= 15 is 0 Å². The van der Waals surface area contributed by atoms with Gasteiger partial charge in [-0.3, -0.25) is 9.69 Å². The van der Waals surface area contributed by atoms with Gasteiger partial charge in [-0.15, -0.1) is 0 Å². The minimum absolute atomic E-state index is 0.175. The number of nitrogens with zero attached hydrogens (tertiary/aromatic N) is 1. The van der Waals surface area contributed by atoms with Crippen LogP contribution in [0, 0.1) is 0 Å². The molecule has 0 aromatic heterocycles. The number of methoxy groups -OCH3 is 1. The third kappa shape index (κ3) is 4.86. The molecule has 1 aliphatic rings. The summed E-state index contributed by atoms with van der Waals surface area (Å²) >= 11 is 12.3. The molecule has 0 bridgehead atoms. The maximum atomic E-state index is 13.6. The lowest BCUT2D eigenvalue weighted by Crippen LogP contribution is -2.25. The average molecular weight is 494 g/mol. The van der Waals surface area contributed by atoms with E-state index in [2.05, 4.69) is 0 Å². The highest BCUT2D eigenvalue weighted by Gasteiger charge is 2.31. The van der Waals surface area contributed by atoms with Crippen LogP contribution in [0.2, 0.25) is 10.0 Å². The van der Waals surface area contributed by atoms with Crippen LogP contribution in [0.15, 0.2) is 78.4 Å². The third-order valence-corrected chi connectivity index (χ3v) is 5.83. The number of carbonyl (C=O) groups is 2. The van der Waals surface area contributed by atoms with Gasteiger partial charge >= 0.3 is 5.97 Å². The molecular formula is C27H21Cl2NO4. The van der Waals surface area contributed by atoms with Crippen LogP contribution in [-0.2, 0) is 9.53 Å². The van der Waals surface area contributed by atoms with Crippen molar-refractivity contribution in [3.8, 4) is 5.75 Å². The molecule has 4 rings (SSSR count). The lowest BCUT2D eigenvalue weighted by Gasteiger charge is -2.21. The van der Waals surface area contributed by atoms with Gasteiger partial charge in [0.2, 0.25) is 0 Å². The lowest BCUT2D eigenvalue weighted by molar-refractivity contribution is -0.113. The first-order valence-electron chi connectivity index (χ1n) is 10.6. The number of halogens is 2. The van der Waals surface area contributed by atoms with Crippen LogP contribution >= 0.6 is 23.2 Å². The van der Waals surface area contributed by atoms with Crippen LogP contribution in [0.5, 0.6) is 5.75 Å². The fourth-order valence-electron chi connectivity index (χ4n) is 3.63. The zero-order chi connectivity index (χ0) is 24.2. The highest BCUT2D eigenvalue weighted by molar-refractivity contribution is 6.34. The van der Waals surface area contributed by atoms with Crippen molar-refractivity contribution in [3.05, 3.63) is 105 Å². The molecule has 3 aromatic rings. The number of carbonyl (C=O) groups excluding carboxylic acids is 2. The van der Waals surface area contributed by atoms with Crippen LogP contribution in [0.25, 0.3) is 11.8 Å². The zero-order valence-corrected chi connectivity index (χ0v) is 20.1. The van der Waals surface area contributed by atoms with Gasteiger partial charge in [-0.1, -0.05) is 47.5 Å². The molecule has 3 aromatic carbocycles. The molecule has 0 atom stereocenters. The number of benzene rings is 3. The van der Waals surface area contributed by atoms with Gasteiger partial charge in [0.1, 0.15) is 5.75 Å². The number of hydrogen-bond donors (Lipinski definition) is 0. The number of esters is 1. The van der Waals surface area contributed by atoms with E-state index in [0.29, 0.717) is 28.6 Å². The maximum absolute atomic E-state index is 13.6. The summed E-state index contributed by atoms with van der Waals surface area (Å²) in [5.74, 6) is -0.0597. The highest BCUT2D eigenvalue weighted by atomic mass is 35.5. The predicted molar refractivity (Wildman–Crippen MR) is 135 cm³/mol. The van der Waals surface area contributed by atoms with Crippen LogP contribution in [0.1, 0.15) is 28.4 Å². The summed E-state index contributed by atoms with van der Waals surface area (Å²) in [6.45, 7) is 2.50. The molecule has 0 N–H and O–H groups in total. The lowest BCUT2D eigenvalue weighted by atomic mass is 10.1. The molecule has 1 heterocycles. The van der Waals surface area contributed by atoms with Gasteiger partial charge in [0.05, 0.1) is 35.7 Å². The smallest absolute Gasteiger partial charge is 0.339 e. The van der Waals surface area contributed by atoms with Crippen molar-refractivity contribution >= 4 is 52.5 Å². The Hall–Kier alpha value is -3.54. The average Bonchev–Trinajstić information content (AvgIpc) is 3.16. The summed E-state index contributed by atoms with van der Waals surface area (Å²) in [6.07, 6.45) is 3.62. The first-order valence-corrected chi connectivity index (χ1v) is 11.3. The molecule has 5 nitrogen and oxygen atoms in total. The minimum Gasteiger partial charge on any atom is -0.494 e. The van der Waals surface area contributed by atoms with E-state index in [0.717, 1.165) is 16.9 Å². The van der Waals surface area contributed by atoms with Crippen molar-refractivity contribution < 1.29 is 19.1 Å². The van der Waals surface area contributed by atoms with Gasteiger partial charge in [-0.2, -0.15) is 0 Å². The van der Waals surface area contributed by atoms with E-state index in [-0.39, 0.29) is 16.5 Å². The monoisotopic (exact) mass is 493 g/mol. The second-order valence-corrected chi connectivity index (χ2v) is 8.28. The summed E-state index contributed by atoms with van der Waals surface area (Å²) in [5, 5.41) is 0.828. The topological polar surface area (TPSA) is 55.8 Å². The number of rotatable bonds is 6. The molecular weight excluding hydrogens is 473 g/mol. The molecule has 1 aliphatic heterocycles. The van der Waals surface area contributed by atoms with E-state index in [1.54, 1.807) is 35.2 Å². The van der Waals surface area contributed by atoms with Gasteiger partial charge in [-0.05, 0) is 72.7 Å².